The monoisotopic (exact) mass is 356 g/mol. The van der Waals surface area contributed by atoms with E-state index in [-0.39, 0.29) is 18.4 Å². The van der Waals surface area contributed by atoms with Gasteiger partial charge in [0.05, 0.1) is 6.54 Å². The molecule has 1 atom stereocenters. The maximum atomic E-state index is 5.99. The van der Waals surface area contributed by atoms with E-state index in [9.17, 15) is 0 Å². The van der Waals surface area contributed by atoms with Crippen LogP contribution in [0.25, 0.3) is 11.4 Å². The summed E-state index contributed by atoms with van der Waals surface area (Å²) in [5.74, 6) is 1.86. The van der Waals surface area contributed by atoms with Gasteiger partial charge in [-0.3, -0.25) is 4.90 Å². The second-order valence-electron chi connectivity index (χ2n) is 5.99. The number of nitrogens with two attached hydrogens (primary N) is 1. The molecule has 0 bridgehead atoms. The van der Waals surface area contributed by atoms with E-state index in [1.165, 1.54) is 0 Å². The van der Waals surface area contributed by atoms with Gasteiger partial charge < -0.3 is 10.3 Å². The molecule has 7 heteroatoms. The minimum atomic E-state index is 0. The second kappa shape index (κ2) is 8.11. The molecule has 5 nitrogen and oxygen atoms in total. The van der Waals surface area contributed by atoms with Crippen LogP contribution in [0.15, 0.2) is 28.8 Å². The molecule has 23 heavy (non-hydrogen) atoms. The van der Waals surface area contributed by atoms with E-state index < -0.39 is 0 Å². The van der Waals surface area contributed by atoms with E-state index in [0.717, 1.165) is 31.5 Å². The molecule has 126 valence electrons. The minimum absolute atomic E-state index is 0. The van der Waals surface area contributed by atoms with Crippen molar-refractivity contribution in [3.05, 3.63) is 35.2 Å². The summed E-state index contributed by atoms with van der Waals surface area (Å²) in [7, 11) is 0. The van der Waals surface area contributed by atoms with Gasteiger partial charge in [0.15, 0.2) is 0 Å². The van der Waals surface area contributed by atoms with Gasteiger partial charge in [-0.2, -0.15) is 4.98 Å². The average Bonchev–Trinajstić information content (AvgIpc) is 2.96. The minimum Gasteiger partial charge on any atom is -0.338 e. The summed E-state index contributed by atoms with van der Waals surface area (Å²) >= 11 is 5.99. The SMILES string of the molecule is CC(N)C1CCN(Cc2nc(-c3cccc(Cl)c3)no2)CC1.Cl. The lowest BCUT2D eigenvalue weighted by atomic mass is 9.91. The smallest absolute Gasteiger partial charge is 0.241 e. The molecule has 0 radical (unpaired) electrons. The Morgan fingerprint density at radius 3 is 2.78 bits per heavy atom. The van der Waals surface area contributed by atoms with E-state index in [2.05, 4.69) is 22.0 Å². The molecule has 2 N–H and O–H groups in total. The number of piperidine rings is 1. The maximum absolute atomic E-state index is 5.99. The highest BCUT2D eigenvalue weighted by atomic mass is 35.5. The zero-order valence-corrected chi connectivity index (χ0v) is 14.7. The molecule has 1 aliphatic heterocycles. The molecule has 0 amide bonds. The van der Waals surface area contributed by atoms with Crippen LogP contribution in [0.3, 0.4) is 0 Å². The number of hydrogen-bond acceptors (Lipinski definition) is 5. The van der Waals surface area contributed by atoms with Crippen molar-refractivity contribution < 1.29 is 4.52 Å². The van der Waals surface area contributed by atoms with Gasteiger partial charge >= 0.3 is 0 Å². The highest BCUT2D eigenvalue weighted by Crippen LogP contribution is 2.23. The molecule has 0 saturated carbocycles. The Balaban J connectivity index is 0.00000192. The Morgan fingerprint density at radius 2 is 2.13 bits per heavy atom. The Labute approximate surface area is 147 Å². The summed E-state index contributed by atoms with van der Waals surface area (Å²) in [4.78, 5) is 6.81. The molecular weight excluding hydrogens is 335 g/mol. The normalized spacial score (nSPS) is 17.7. The summed E-state index contributed by atoms with van der Waals surface area (Å²) in [6, 6.07) is 7.75. The summed E-state index contributed by atoms with van der Waals surface area (Å²) in [6.45, 7) is 4.84. The van der Waals surface area contributed by atoms with Gasteiger partial charge in [-0.05, 0) is 50.9 Å². The number of likely N-dealkylation sites (tertiary alicyclic amines) is 1. The van der Waals surface area contributed by atoms with Crippen LogP contribution in [0, 0.1) is 5.92 Å². The van der Waals surface area contributed by atoms with Crippen molar-refractivity contribution in [2.75, 3.05) is 13.1 Å². The molecule has 2 aromatic rings. The Morgan fingerprint density at radius 1 is 1.39 bits per heavy atom. The molecule has 1 unspecified atom stereocenters. The van der Waals surface area contributed by atoms with Crippen molar-refractivity contribution in [1.29, 1.82) is 0 Å². The third-order valence-electron chi connectivity index (χ3n) is 4.29. The van der Waals surface area contributed by atoms with Crippen molar-refractivity contribution >= 4 is 24.0 Å². The summed E-state index contributed by atoms with van der Waals surface area (Å²) < 4.78 is 5.37. The van der Waals surface area contributed by atoms with Crippen molar-refractivity contribution in [2.24, 2.45) is 11.7 Å². The number of rotatable bonds is 4. The van der Waals surface area contributed by atoms with E-state index in [0.29, 0.717) is 29.2 Å². The van der Waals surface area contributed by atoms with E-state index in [1.807, 2.05) is 24.3 Å². The fraction of sp³-hybridized carbons (Fsp3) is 0.500. The lowest BCUT2D eigenvalue weighted by Crippen LogP contribution is -2.39. The van der Waals surface area contributed by atoms with Crippen molar-refractivity contribution in [3.8, 4) is 11.4 Å². The maximum Gasteiger partial charge on any atom is 0.241 e. The summed E-state index contributed by atoms with van der Waals surface area (Å²) in [6.07, 6.45) is 2.26. The van der Waals surface area contributed by atoms with Crippen LogP contribution >= 0.6 is 24.0 Å². The number of benzene rings is 1. The third kappa shape index (κ3) is 4.67. The first-order chi connectivity index (χ1) is 10.6. The van der Waals surface area contributed by atoms with E-state index in [1.54, 1.807) is 0 Å². The molecule has 1 fully saturated rings. The van der Waals surface area contributed by atoms with Gasteiger partial charge in [0, 0.05) is 16.6 Å². The fourth-order valence-corrected chi connectivity index (χ4v) is 3.08. The predicted octanol–water partition coefficient (Wildman–Crippen LogP) is 3.37. The van der Waals surface area contributed by atoms with E-state index >= 15 is 0 Å². The van der Waals surface area contributed by atoms with Gasteiger partial charge in [-0.15, -0.1) is 12.4 Å². The number of hydrogen-bond donors (Lipinski definition) is 1. The molecule has 1 aromatic carbocycles. The van der Waals surface area contributed by atoms with Gasteiger partial charge in [0.1, 0.15) is 0 Å². The molecule has 0 aliphatic carbocycles. The van der Waals surface area contributed by atoms with Crippen LogP contribution in [0.5, 0.6) is 0 Å². The lowest BCUT2D eigenvalue weighted by molar-refractivity contribution is 0.150. The van der Waals surface area contributed by atoms with Crippen LogP contribution in [-0.4, -0.2) is 34.2 Å². The standard InChI is InChI=1S/C16H21ClN4O.ClH/c1-11(18)12-5-7-21(8-6-12)10-15-19-16(20-22-15)13-3-2-4-14(17)9-13;/h2-4,9,11-12H,5-8,10,18H2,1H3;1H. The van der Waals surface area contributed by atoms with Gasteiger partial charge in [-0.1, -0.05) is 28.9 Å². The Hall–Kier alpha value is -1.14. The van der Waals surface area contributed by atoms with Gasteiger partial charge in [-0.25, -0.2) is 0 Å². The first-order valence-corrected chi connectivity index (χ1v) is 8.06. The summed E-state index contributed by atoms with van der Waals surface area (Å²) in [5, 5.41) is 4.71. The van der Waals surface area contributed by atoms with Crippen molar-refractivity contribution in [3.63, 3.8) is 0 Å². The van der Waals surface area contributed by atoms with Crippen LogP contribution in [-0.2, 0) is 6.54 Å². The molecular formula is C16H22Cl2N4O. The van der Waals surface area contributed by atoms with Gasteiger partial charge in [0.2, 0.25) is 11.7 Å². The topological polar surface area (TPSA) is 68.2 Å². The Bertz CT molecular complexity index is 624. The molecule has 1 aromatic heterocycles. The van der Waals surface area contributed by atoms with Crippen LogP contribution in [0.2, 0.25) is 5.02 Å². The van der Waals surface area contributed by atoms with E-state index in [4.69, 9.17) is 21.9 Å². The van der Waals surface area contributed by atoms with Crippen molar-refractivity contribution in [1.82, 2.24) is 15.0 Å². The molecule has 2 heterocycles. The second-order valence-corrected chi connectivity index (χ2v) is 6.43. The number of aromatic nitrogens is 2. The first kappa shape index (κ1) is 18.2. The zero-order valence-electron chi connectivity index (χ0n) is 13.1. The molecule has 1 saturated heterocycles. The van der Waals surface area contributed by atoms with Gasteiger partial charge in [0.25, 0.3) is 0 Å². The van der Waals surface area contributed by atoms with Crippen LogP contribution in [0.1, 0.15) is 25.7 Å². The third-order valence-corrected chi connectivity index (χ3v) is 4.52. The number of nitrogens with zero attached hydrogens (tertiary/aromatic N) is 3. The number of halogens is 2. The highest BCUT2D eigenvalue weighted by Gasteiger charge is 2.23. The quantitative estimate of drug-likeness (QED) is 0.909. The van der Waals surface area contributed by atoms with Crippen LogP contribution in [0.4, 0.5) is 0 Å². The lowest BCUT2D eigenvalue weighted by Gasteiger charge is -2.32. The molecule has 1 aliphatic rings. The summed E-state index contributed by atoms with van der Waals surface area (Å²) in [5.41, 5.74) is 6.85. The largest absolute Gasteiger partial charge is 0.338 e. The molecule has 0 spiro atoms. The van der Waals surface area contributed by atoms with Crippen molar-refractivity contribution in [2.45, 2.75) is 32.4 Å². The Kier molecular flexibility index (Phi) is 6.41. The first-order valence-electron chi connectivity index (χ1n) is 7.68. The van der Waals surface area contributed by atoms with Crippen LogP contribution < -0.4 is 5.73 Å². The fourth-order valence-electron chi connectivity index (χ4n) is 2.89. The predicted molar refractivity (Wildman–Crippen MR) is 93.6 cm³/mol. The zero-order chi connectivity index (χ0) is 15.5. The molecule has 3 rings (SSSR count). The average molecular weight is 357 g/mol. The highest BCUT2D eigenvalue weighted by molar-refractivity contribution is 6.30.